The molecule has 1 aromatic carbocycles. The quantitative estimate of drug-likeness (QED) is 0.255. The lowest BCUT2D eigenvalue weighted by atomic mass is 9.86. The van der Waals surface area contributed by atoms with E-state index in [0.29, 0.717) is 0 Å². The Kier molecular flexibility index (Phi) is 6.64. The van der Waals surface area contributed by atoms with Crippen molar-refractivity contribution in [1.82, 2.24) is 0 Å². The first kappa shape index (κ1) is 24.6. The molecule has 9 unspecified atom stereocenters. The molecule has 0 bridgehead atoms. The normalized spacial score (nSPS) is 45.0. The van der Waals surface area contributed by atoms with E-state index < -0.39 is 73.1 Å². The second kappa shape index (κ2) is 9.73. The first-order valence-electron chi connectivity index (χ1n) is 11.3. The Morgan fingerprint density at radius 2 is 1.72 bits per heavy atom. The van der Waals surface area contributed by atoms with E-state index in [1.807, 2.05) is 30.3 Å². The number of hydrogen-bond donors (Lipinski definition) is 2. The van der Waals surface area contributed by atoms with Crippen molar-refractivity contribution in [2.24, 2.45) is 15.3 Å². The molecule has 0 amide bonds. The zero-order chi connectivity index (χ0) is 25.4. The van der Waals surface area contributed by atoms with Gasteiger partial charge in [0, 0.05) is 20.3 Å². The highest BCUT2D eigenvalue weighted by Gasteiger charge is 2.67. The fraction of sp³-hybridized carbons (Fsp3) is 0.700. The van der Waals surface area contributed by atoms with Gasteiger partial charge in [0.1, 0.15) is 30.5 Å². The lowest BCUT2D eigenvalue weighted by Crippen LogP contribution is -2.65. The van der Waals surface area contributed by atoms with Gasteiger partial charge in [-0.25, -0.2) is 0 Å². The second-order valence-corrected chi connectivity index (χ2v) is 8.98. The predicted octanol–water partition coefficient (Wildman–Crippen LogP) is 2.49. The molecule has 0 aromatic heterocycles. The third-order valence-electron chi connectivity index (χ3n) is 6.87. The van der Waals surface area contributed by atoms with Gasteiger partial charge in [-0.3, -0.25) is 0 Å². The zero-order valence-corrected chi connectivity index (χ0v) is 18.9. The van der Waals surface area contributed by atoms with Crippen molar-refractivity contribution in [2.45, 2.75) is 86.5 Å². The highest BCUT2D eigenvalue weighted by molar-refractivity contribution is 5.18. The maximum absolute atomic E-state index is 11.2. The van der Waals surface area contributed by atoms with Crippen LogP contribution in [0.5, 0.6) is 0 Å². The molecule has 190 valence electrons. The van der Waals surface area contributed by atoms with Gasteiger partial charge in [0.05, 0.1) is 24.4 Å². The summed E-state index contributed by atoms with van der Waals surface area (Å²) in [5, 5.41) is 32.9. The summed E-state index contributed by atoms with van der Waals surface area (Å²) in [5.41, 5.74) is 26.4. The Labute approximate surface area is 203 Å². The third kappa shape index (κ3) is 4.21. The summed E-state index contributed by atoms with van der Waals surface area (Å²) in [5.74, 6) is 0. The molecule has 3 aliphatic heterocycles. The summed E-state index contributed by atoms with van der Waals surface area (Å²) in [6.45, 7) is 1.75. The van der Waals surface area contributed by atoms with Crippen molar-refractivity contribution in [3.8, 4) is 0 Å². The van der Waals surface area contributed by atoms with Crippen molar-refractivity contribution >= 4 is 0 Å². The van der Waals surface area contributed by atoms with Crippen LogP contribution in [-0.4, -0.2) is 77.0 Å². The highest BCUT2D eigenvalue weighted by atomic mass is 16.8. The lowest BCUT2D eigenvalue weighted by molar-refractivity contribution is -0.367. The molecule has 16 nitrogen and oxygen atoms in total. The minimum Gasteiger partial charge on any atom is -0.390 e. The molecular weight excluding hydrogens is 478 g/mol. The van der Waals surface area contributed by atoms with E-state index in [-0.39, 0.29) is 6.42 Å². The number of epoxide rings is 1. The van der Waals surface area contributed by atoms with Gasteiger partial charge in [-0.15, -0.1) is 0 Å². The number of benzene rings is 1. The summed E-state index contributed by atoms with van der Waals surface area (Å²) in [4.78, 5) is 8.35. The van der Waals surface area contributed by atoms with Gasteiger partial charge in [0.15, 0.2) is 18.3 Å². The molecule has 4 aliphatic rings. The fourth-order valence-electron chi connectivity index (χ4n) is 5.11. The monoisotopic (exact) mass is 501 g/mol. The zero-order valence-electron chi connectivity index (χ0n) is 18.9. The van der Waals surface area contributed by atoms with Crippen molar-refractivity contribution < 1.29 is 33.9 Å². The second-order valence-electron chi connectivity index (χ2n) is 8.98. The third-order valence-corrected chi connectivity index (χ3v) is 6.87. The Morgan fingerprint density at radius 3 is 2.42 bits per heavy atom. The molecule has 0 radical (unpaired) electrons. The summed E-state index contributed by atoms with van der Waals surface area (Å²) in [6.07, 6.45) is -9.20. The molecule has 4 fully saturated rings. The molecule has 1 saturated carbocycles. The van der Waals surface area contributed by atoms with Gasteiger partial charge >= 0.3 is 0 Å². The van der Waals surface area contributed by atoms with Crippen LogP contribution in [0.3, 0.4) is 0 Å². The highest BCUT2D eigenvalue weighted by Crippen LogP contribution is 2.51. The number of azide groups is 3. The summed E-state index contributed by atoms with van der Waals surface area (Å²) in [7, 11) is 0. The molecule has 36 heavy (non-hydrogen) atoms. The number of aliphatic hydroxyl groups is 2. The van der Waals surface area contributed by atoms with Gasteiger partial charge < -0.3 is 33.9 Å². The van der Waals surface area contributed by atoms with Crippen LogP contribution in [0, 0.1) is 0 Å². The first-order valence-corrected chi connectivity index (χ1v) is 11.3. The Hall–Kier alpha value is -3.13. The summed E-state index contributed by atoms with van der Waals surface area (Å²) in [6, 6.07) is 6.88. The van der Waals surface area contributed by atoms with Crippen LogP contribution in [0.15, 0.2) is 45.7 Å². The van der Waals surface area contributed by atoms with E-state index >= 15 is 0 Å². The molecule has 2 N–H and O–H groups in total. The maximum Gasteiger partial charge on any atom is 0.184 e. The van der Waals surface area contributed by atoms with E-state index in [2.05, 4.69) is 30.1 Å². The number of fused-ring (bicyclic) bond motifs is 2. The molecule has 0 spiro atoms. The van der Waals surface area contributed by atoms with E-state index in [1.54, 1.807) is 6.92 Å². The molecule has 16 heteroatoms. The van der Waals surface area contributed by atoms with Crippen LogP contribution in [0.25, 0.3) is 31.3 Å². The lowest BCUT2D eigenvalue weighted by Gasteiger charge is -2.50. The van der Waals surface area contributed by atoms with Crippen LogP contribution < -0.4 is 0 Å². The van der Waals surface area contributed by atoms with Crippen molar-refractivity contribution in [3.05, 3.63) is 67.2 Å². The average molecular weight is 501 g/mol. The van der Waals surface area contributed by atoms with Crippen LogP contribution in [0.4, 0.5) is 0 Å². The Balaban J connectivity index is 1.38. The van der Waals surface area contributed by atoms with Crippen molar-refractivity contribution in [3.63, 3.8) is 0 Å². The first-order chi connectivity index (χ1) is 17.4. The van der Waals surface area contributed by atoms with E-state index in [1.165, 1.54) is 0 Å². The molecule has 3 saturated heterocycles. The Bertz CT molecular complexity index is 1130. The SMILES string of the molecule is CC1OC(c2ccccc2)O[C@H]2C(O)C(N=[N+]=[N-])[C@@H](O[C@@H]3C(N=[N+]=[N-])CC4(N=[N+]=[N-])OC4C3O)OC12. The van der Waals surface area contributed by atoms with E-state index in [0.717, 1.165) is 5.56 Å². The minimum atomic E-state index is -1.36. The standard InChI is InChI=1S/C20H23N9O7/c1-8-14-16(35-18(32-8)9-5-3-2-4-6-9)12(30)11(25-28-22)19(33-14)34-15-10(24-27-21)7-20(26-29-23)17(36-20)13(15)31/h2-6,8,10-19,30-31H,7H2,1H3/t8?,10?,11?,12?,13?,14?,15-,16+,17?,18?,19-,20?/m1/s1. The van der Waals surface area contributed by atoms with Crippen molar-refractivity contribution in [2.75, 3.05) is 0 Å². The Morgan fingerprint density at radius 1 is 0.972 bits per heavy atom. The van der Waals surface area contributed by atoms with Gasteiger partial charge in [-0.05, 0) is 29.9 Å². The number of hydrogen-bond acceptors (Lipinski definition) is 10. The molecule has 1 aromatic rings. The van der Waals surface area contributed by atoms with Crippen LogP contribution >= 0.6 is 0 Å². The fourth-order valence-corrected chi connectivity index (χ4v) is 5.11. The number of aliphatic hydroxyl groups excluding tert-OH is 2. The van der Waals surface area contributed by atoms with Gasteiger partial charge in [0.2, 0.25) is 0 Å². The van der Waals surface area contributed by atoms with Crippen LogP contribution in [-0.2, 0) is 23.7 Å². The molecule has 1 aliphatic carbocycles. The van der Waals surface area contributed by atoms with Gasteiger partial charge in [-0.2, -0.15) is 0 Å². The van der Waals surface area contributed by atoms with E-state index in [9.17, 15) is 10.2 Å². The van der Waals surface area contributed by atoms with Gasteiger partial charge in [0.25, 0.3) is 0 Å². The number of ether oxygens (including phenoxy) is 5. The van der Waals surface area contributed by atoms with E-state index in [4.69, 9.17) is 40.3 Å². The maximum atomic E-state index is 11.2. The average Bonchev–Trinajstić information content (AvgIpc) is 3.59. The summed E-state index contributed by atoms with van der Waals surface area (Å²) >= 11 is 0. The van der Waals surface area contributed by atoms with Crippen LogP contribution in [0.2, 0.25) is 0 Å². The molecular formula is C20H23N9O7. The van der Waals surface area contributed by atoms with Crippen LogP contribution in [0.1, 0.15) is 25.2 Å². The van der Waals surface area contributed by atoms with Crippen molar-refractivity contribution in [1.29, 1.82) is 0 Å². The summed E-state index contributed by atoms with van der Waals surface area (Å²) < 4.78 is 29.4. The smallest absolute Gasteiger partial charge is 0.184 e. The van der Waals surface area contributed by atoms with Gasteiger partial charge in [-0.1, -0.05) is 45.7 Å². The molecule has 12 atom stereocenters. The minimum absolute atomic E-state index is 0.0393. The number of nitrogens with zero attached hydrogens (tertiary/aromatic N) is 9. The molecule has 3 heterocycles. The molecule has 5 rings (SSSR count). The predicted molar refractivity (Wildman–Crippen MR) is 117 cm³/mol. The topological polar surface area (TPSA) is 236 Å². The number of rotatable bonds is 6. The largest absolute Gasteiger partial charge is 0.390 e.